The van der Waals surface area contributed by atoms with Gasteiger partial charge in [-0.1, -0.05) is 5.16 Å². The van der Waals surface area contributed by atoms with Crippen molar-refractivity contribution in [3.63, 3.8) is 0 Å². The van der Waals surface area contributed by atoms with Gasteiger partial charge in [-0.15, -0.1) is 0 Å². The number of morpholine rings is 1. The molecule has 3 heterocycles. The van der Waals surface area contributed by atoms with Crippen LogP contribution in [0, 0.1) is 0 Å². The van der Waals surface area contributed by atoms with Gasteiger partial charge in [-0.3, -0.25) is 0 Å². The lowest BCUT2D eigenvalue weighted by Crippen LogP contribution is -2.36. The molecule has 1 aliphatic heterocycles. The number of aryl methyl sites for hydroxylation is 1. The number of benzene rings is 1. The zero-order chi connectivity index (χ0) is 19.0. The summed E-state index contributed by atoms with van der Waals surface area (Å²) in [7, 11) is -2.05. The Hall–Kier alpha value is -2.76. The molecule has 27 heavy (non-hydrogen) atoms. The van der Waals surface area contributed by atoms with Crippen molar-refractivity contribution >= 4 is 15.7 Å². The molecule has 3 aromatic rings. The van der Waals surface area contributed by atoms with Crippen LogP contribution in [0.4, 0.5) is 5.69 Å². The fourth-order valence-corrected chi connectivity index (χ4v) is 3.49. The normalized spacial score (nSPS) is 15.3. The quantitative estimate of drug-likeness (QED) is 0.686. The summed E-state index contributed by atoms with van der Waals surface area (Å²) in [6.07, 6.45) is 3.25. The Morgan fingerprint density at radius 2 is 2.00 bits per heavy atom. The third-order valence-electron chi connectivity index (χ3n) is 4.35. The van der Waals surface area contributed by atoms with Gasteiger partial charge >= 0.3 is 0 Å². The van der Waals surface area contributed by atoms with E-state index >= 15 is 0 Å². The average molecular weight is 390 g/mol. The number of hydrogen-bond acceptors (Lipinski definition) is 8. The Bertz CT molecular complexity index is 1070. The Labute approximate surface area is 155 Å². The highest BCUT2D eigenvalue weighted by molar-refractivity contribution is 7.89. The summed E-state index contributed by atoms with van der Waals surface area (Å²) < 4.78 is 36.2. The van der Waals surface area contributed by atoms with Crippen molar-refractivity contribution < 1.29 is 17.7 Å². The molecule has 0 unspecified atom stereocenters. The minimum atomic E-state index is -3.87. The molecule has 0 aliphatic carbocycles. The van der Waals surface area contributed by atoms with E-state index < -0.39 is 10.0 Å². The van der Waals surface area contributed by atoms with Crippen LogP contribution in [0.25, 0.3) is 23.0 Å². The van der Waals surface area contributed by atoms with Gasteiger partial charge in [0.2, 0.25) is 15.8 Å². The first-order valence-corrected chi connectivity index (χ1v) is 9.78. The molecule has 1 aromatic carbocycles. The molecule has 1 fully saturated rings. The molecule has 1 aliphatic rings. The number of rotatable bonds is 4. The number of nitrogens with two attached hydrogens (primary N) is 1. The molecule has 11 heteroatoms. The van der Waals surface area contributed by atoms with Gasteiger partial charge in [-0.25, -0.2) is 18.5 Å². The van der Waals surface area contributed by atoms with Crippen LogP contribution in [0.3, 0.4) is 0 Å². The number of primary sulfonamides is 1. The van der Waals surface area contributed by atoms with Gasteiger partial charge in [-0.2, -0.15) is 4.98 Å². The van der Waals surface area contributed by atoms with E-state index in [1.165, 1.54) is 12.1 Å². The number of ether oxygens (including phenoxy) is 1. The minimum Gasteiger partial charge on any atom is -0.378 e. The van der Waals surface area contributed by atoms with Gasteiger partial charge in [0, 0.05) is 25.8 Å². The van der Waals surface area contributed by atoms with Crippen molar-refractivity contribution in [3.8, 4) is 23.0 Å². The largest absolute Gasteiger partial charge is 0.378 e. The molecule has 10 nitrogen and oxygen atoms in total. The Kier molecular flexibility index (Phi) is 4.42. The van der Waals surface area contributed by atoms with E-state index in [1.807, 2.05) is 7.05 Å². The fourth-order valence-electron chi connectivity index (χ4n) is 2.95. The van der Waals surface area contributed by atoms with Crippen LogP contribution in [-0.4, -0.2) is 54.4 Å². The zero-order valence-electron chi connectivity index (χ0n) is 14.6. The molecule has 0 spiro atoms. The van der Waals surface area contributed by atoms with E-state index in [0.717, 1.165) is 5.69 Å². The van der Waals surface area contributed by atoms with Gasteiger partial charge in [0.15, 0.2) is 0 Å². The molecule has 142 valence electrons. The average Bonchev–Trinajstić information content (AvgIpc) is 3.30. The van der Waals surface area contributed by atoms with Crippen molar-refractivity contribution in [1.82, 2.24) is 19.7 Å². The first-order valence-electron chi connectivity index (χ1n) is 8.24. The van der Waals surface area contributed by atoms with Crippen molar-refractivity contribution in [1.29, 1.82) is 0 Å². The summed E-state index contributed by atoms with van der Waals surface area (Å²) in [6, 6.07) is 4.64. The second-order valence-electron chi connectivity index (χ2n) is 6.14. The van der Waals surface area contributed by atoms with Gasteiger partial charge in [-0.05, 0) is 18.2 Å². The highest BCUT2D eigenvalue weighted by Crippen LogP contribution is 2.33. The first-order chi connectivity index (χ1) is 12.9. The number of hydrogen-bond donors (Lipinski definition) is 1. The monoisotopic (exact) mass is 390 g/mol. The van der Waals surface area contributed by atoms with Gasteiger partial charge in [0.1, 0.15) is 5.69 Å². The molecule has 0 saturated carbocycles. The highest BCUT2D eigenvalue weighted by Gasteiger charge is 2.23. The fraction of sp³-hybridized carbons (Fsp3) is 0.312. The minimum absolute atomic E-state index is 0.0187. The van der Waals surface area contributed by atoms with E-state index in [9.17, 15) is 8.42 Å². The number of anilines is 1. The van der Waals surface area contributed by atoms with Crippen LogP contribution in [0.5, 0.6) is 0 Å². The molecular formula is C16H18N6O4S. The second kappa shape index (κ2) is 6.76. The van der Waals surface area contributed by atoms with Crippen LogP contribution >= 0.6 is 0 Å². The maximum absolute atomic E-state index is 11.8. The summed E-state index contributed by atoms with van der Waals surface area (Å²) in [4.78, 5) is 10.5. The summed E-state index contributed by atoms with van der Waals surface area (Å²) in [5.41, 5.74) is 1.97. The second-order valence-corrected chi connectivity index (χ2v) is 7.70. The van der Waals surface area contributed by atoms with E-state index in [4.69, 9.17) is 14.4 Å². The van der Waals surface area contributed by atoms with Gasteiger partial charge in [0.25, 0.3) is 5.89 Å². The molecule has 2 aromatic heterocycles. The van der Waals surface area contributed by atoms with E-state index in [-0.39, 0.29) is 10.8 Å². The summed E-state index contributed by atoms with van der Waals surface area (Å²) in [5, 5.41) is 9.30. The third kappa shape index (κ3) is 3.44. The van der Waals surface area contributed by atoms with Crippen molar-refractivity contribution in [2.45, 2.75) is 4.90 Å². The smallest absolute Gasteiger partial charge is 0.260 e. The molecule has 0 atom stereocenters. The van der Waals surface area contributed by atoms with Crippen LogP contribution in [0.2, 0.25) is 0 Å². The Morgan fingerprint density at radius 1 is 1.22 bits per heavy atom. The predicted molar refractivity (Wildman–Crippen MR) is 96.3 cm³/mol. The number of nitrogens with zero attached hydrogens (tertiary/aromatic N) is 5. The first kappa shape index (κ1) is 17.6. The Morgan fingerprint density at radius 3 is 2.67 bits per heavy atom. The van der Waals surface area contributed by atoms with Crippen LogP contribution in [0.1, 0.15) is 0 Å². The summed E-state index contributed by atoms with van der Waals surface area (Å²) in [5.74, 6) is 0.567. The van der Waals surface area contributed by atoms with Crippen molar-refractivity contribution in [3.05, 3.63) is 30.7 Å². The van der Waals surface area contributed by atoms with E-state index in [0.29, 0.717) is 43.4 Å². The van der Waals surface area contributed by atoms with Crippen molar-refractivity contribution in [2.75, 3.05) is 31.2 Å². The number of imidazole rings is 1. The lowest BCUT2D eigenvalue weighted by atomic mass is 10.1. The maximum atomic E-state index is 11.8. The molecule has 0 amide bonds. The summed E-state index contributed by atoms with van der Waals surface area (Å²) >= 11 is 0. The van der Waals surface area contributed by atoms with Crippen LogP contribution in [-0.2, 0) is 21.8 Å². The van der Waals surface area contributed by atoms with E-state index in [2.05, 4.69) is 20.0 Å². The molecule has 0 bridgehead atoms. The van der Waals surface area contributed by atoms with Gasteiger partial charge < -0.3 is 18.7 Å². The molecule has 0 radical (unpaired) electrons. The molecule has 2 N–H and O–H groups in total. The Balaban J connectivity index is 1.82. The molecular weight excluding hydrogens is 372 g/mol. The zero-order valence-corrected chi connectivity index (χ0v) is 15.4. The number of sulfonamides is 1. The lowest BCUT2D eigenvalue weighted by molar-refractivity contribution is 0.122. The van der Waals surface area contributed by atoms with Crippen LogP contribution < -0.4 is 10.0 Å². The van der Waals surface area contributed by atoms with Crippen molar-refractivity contribution in [2.24, 2.45) is 12.2 Å². The van der Waals surface area contributed by atoms with Crippen LogP contribution in [0.15, 0.2) is 40.1 Å². The highest BCUT2D eigenvalue weighted by atomic mass is 32.2. The standard InChI is InChI=1S/C16H18N6O4S/c1-21-10-18-9-14(21)15-19-16(26-20-15)12-8-11(27(17,23)24)2-3-13(12)22-4-6-25-7-5-22/h2-3,8-10H,4-7H2,1H3,(H2,17,23,24). The topological polar surface area (TPSA) is 129 Å². The third-order valence-corrected chi connectivity index (χ3v) is 5.26. The maximum Gasteiger partial charge on any atom is 0.260 e. The lowest BCUT2D eigenvalue weighted by Gasteiger charge is -2.30. The SMILES string of the molecule is Cn1cncc1-c1noc(-c2cc(S(N)(=O)=O)ccc2N2CCOCC2)n1. The summed E-state index contributed by atoms with van der Waals surface area (Å²) in [6.45, 7) is 2.51. The molecule has 1 saturated heterocycles. The van der Waals surface area contributed by atoms with Gasteiger partial charge in [0.05, 0.1) is 36.2 Å². The van der Waals surface area contributed by atoms with E-state index in [1.54, 1.807) is 23.2 Å². The number of aromatic nitrogens is 4. The predicted octanol–water partition coefficient (Wildman–Crippen LogP) is 0.621. The molecule has 4 rings (SSSR count).